The molecule has 0 N–H and O–H groups in total. The van der Waals surface area contributed by atoms with Crippen molar-refractivity contribution in [3.05, 3.63) is 0 Å². The van der Waals surface area contributed by atoms with Crippen LogP contribution in [0.25, 0.3) is 0 Å². The normalized spacial score (nSPS) is 46.2. The van der Waals surface area contributed by atoms with Gasteiger partial charge in [0.1, 0.15) is 73.2 Å². The molecule has 0 spiro atoms. The fraction of sp³-hybridized carbons (Fsp3) is 1.00. The Kier molecular flexibility index (Phi) is 12.0. The fourth-order valence-corrected chi connectivity index (χ4v) is 14.4. The first-order valence-electron chi connectivity index (χ1n) is 21.5. The molecule has 0 aromatic heterocycles. The molecule has 62 heavy (non-hydrogen) atoms. The third kappa shape index (κ3) is 9.43. The molecule has 0 radical (unpaired) electrons. The van der Waals surface area contributed by atoms with Gasteiger partial charge < -0.3 is 84.6 Å². The summed E-state index contributed by atoms with van der Waals surface area (Å²) in [6.45, 7) is 22.2. The van der Waals surface area contributed by atoms with Crippen LogP contribution in [0.3, 0.4) is 0 Å². The molecule has 9 saturated heterocycles. The first kappa shape index (κ1) is 46.8. The Labute approximate surface area is 362 Å². The van der Waals surface area contributed by atoms with Crippen molar-refractivity contribution in [2.45, 2.75) is 217 Å². The van der Waals surface area contributed by atoms with E-state index < -0.39 is 148 Å². The minimum absolute atomic E-state index is 0.101. The summed E-state index contributed by atoms with van der Waals surface area (Å²) in [4.78, 5) is 0. The Hall–Kier alpha value is -0.300. The number of fused-ring (bicyclic) bond motifs is 7. The SMILES string of the molecule is CCOP(=O)(CP(=O)(OC[C@H]1O[C@@H]2OC(C)(C)O[C@@H]2[C@H]2OC(C)(C)O[C@H]21)OC[C@H]1O[C@@H]2OC(C)(C)O[C@@H]2[C@H]2OC(C)(C)O[C@H]21)O[C@H]1O[C@H]([C@@H]2COC(C)(C)O2)[C@@H]2OC(C)(C)O[C@H]12. The van der Waals surface area contributed by atoms with Crippen molar-refractivity contribution in [3.63, 3.8) is 0 Å². The van der Waals surface area contributed by atoms with Gasteiger partial charge in [-0.3, -0.25) is 13.7 Å². The molecular formula is C39H64O21P2. The highest BCUT2D eigenvalue weighted by Crippen LogP contribution is 2.66. The van der Waals surface area contributed by atoms with Crippen molar-refractivity contribution in [2.24, 2.45) is 0 Å². The molecule has 0 saturated carbocycles. The molecule has 0 aromatic rings. The lowest BCUT2D eigenvalue weighted by Crippen LogP contribution is -2.56. The highest BCUT2D eigenvalue weighted by molar-refractivity contribution is 7.71. The van der Waals surface area contributed by atoms with E-state index in [0.29, 0.717) is 0 Å². The predicted octanol–water partition coefficient (Wildman–Crippen LogP) is 4.61. The topological polar surface area (TPSA) is 210 Å². The van der Waals surface area contributed by atoms with Gasteiger partial charge in [-0.05, 0) is 90.0 Å². The molecule has 9 fully saturated rings. The minimum Gasteiger partial charge on any atom is -0.348 e. The molecule has 0 bridgehead atoms. The molecule has 9 aliphatic rings. The molecule has 16 atom stereocenters. The second-order valence-corrected chi connectivity index (χ2v) is 24.4. The van der Waals surface area contributed by atoms with E-state index in [-0.39, 0.29) is 26.4 Å². The van der Waals surface area contributed by atoms with E-state index in [1.165, 1.54) is 0 Å². The monoisotopic (exact) mass is 930 g/mol. The van der Waals surface area contributed by atoms with Crippen molar-refractivity contribution in [1.29, 1.82) is 0 Å². The molecule has 356 valence electrons. The lowest BCUT2D eigenvalue weighted by atomic mass is 9.99. The minimum atomic E-state index is -4.59. The largest absolute Gasteiger partial charge is 0.348 e. The second kappa shape index (κ2) is 15.9. The Morgan fingerprint density at radius 3 is 1.32 bits per heavy atom. The fourth-order valence-electron chi connectivity index (χ4n) is 9.67. The van der Waals surface area contributed by atoms with Crippen LogP contribution < -0.4 is 0 Å². The van der Waals surface area contributed by atoms with Gasteiger partial charge in [0.05, 0.1) is 26.4 Å². The summed E-state index contributed by atoms with van der Waals surface area (Å²) in [5.74, 6) is -6.79. The molecule has 1 unspecified atom stereocenters. The number of hydrogen-bond donors (Lipinski definition) is 0. The van der Waals surface area contributed by atoms with Crippen LogP contribution in [0, 0.1) is 0 Å². The standard InChI is InChI=1S/C39H64O21P2/c1-14-43-62(41,60-33-30-25(52-37(8,9)57-30)22(48-33)21-15-42-34(2,3)49-21)18-61(40,44-16-19-23-26(53-35(4,5)50-23)28-31(46-19)58-38(10,11)55-28)45-17-20-24-27(54-36(6,7)51-24)29-32(47-20)59-39(12,13)56-29/h19-33H,14-18H2,1-13H3/t19-,20-,21+,22-,23+,24+,25+,26+,27+,28-,29-,30+,31-,32-,33-,62?/m1/s1. The maximum absolute atomic E-state index is 15.5. The summed E-state index contributed by atoms with van der Waals surface area (Å²) < 4.78 is 148. The molecule has 0 aromatic carbocycles. The van der Waals surface area contributed by atoms with Gasteiger partial charge in [0.25, 0.3) is 0 Å². The quantitative estimate of drug-likeness (QED) is 0.231. The summed E-state index contributed by atoms with van der Waals surface area (Å²) in [6.07, 6.45) is -11.7. The molecule has 21 nitrogen and oxygen atoms in total. The van der Waals surface area contributed by atoms with Crippen LogP contribution in [0.4, 0.5) is 0 Å². The zero-order valence-corrected chi connectivity index (χ0v) is 39.5. The van der Waals surface area contributed by atoms with Crippen molar-refractivity contribution in [1.82, 2.24) is 0 Å². The zero-order valence-electron chi connectivity index (χ0n) is 37.7. The van der Waals surface area contributed by atoms with Crippen LogP contribution in [0.5, 0.6) is 0 Å². The smallest absolute Gasteiger partial charge is 0.345 e. The van der Waals surface area contributed by atoms with Crippen molar-refractivity contribution in [3.8, 4) is 0 Å². The van der Waals surface area contributed by atoms with Crippen LogP contribution in [0.15, 0.2) is 0 Å². The third-order valence-corrected chi connectivity index (χ3v) is 16.8. The van der Waals surface area contributed by atoms with E-state index in [9.17, 15) is 0 Å². The third-order valence-electron chi connectivity index (χ3n) is 11.8. The number of hydrogen-bond acceptors (Lipinski definition) is 21. The van der Waals surface area contributed by atoms with E-state index in [2.05, 4.69) is 0 Å². The van der Waals surface area contributed by atoms with E-state index in [0.717, 1.165) is 0 Å². The highest BCUT2D eigenvalue weighted by atomic mass is 31.2. The highest BCUT2D eigenvalue weighted by Gasteiger charge is 2.64. The van der Waals surface area contributed by atoms with Gasteiger partial charge in [-0.15, -0.1) is 0 Å². The summed E-state index contributed by atoms with van der Waals surface area (Å²) in [5.41, 5.74) is 0. The van der Waals surface area contributed by atoms with Gasteiger partial charge in [-0.1, -0.05) is 0 Å². The summed E-state index contributed by atoms with van der Waals surface area (Å²) >= 11 is 0. The lowest BCUT2D eigenvalue weighted by molar-refractivity contribution is -0.241. The average Bonchev–Trinajstić information content (AvgIpc) is 3.98. The first-order valence-corrected chi connectivity index (χ1v) is 25.0. The maximum Gasteiger partial charge on any atom is 0.345 e. The first-order chi connectivity index (χ1) is 28.6. The molecule has 0 aliphatic carbocycles. The van der Waals surface area contributed by atoms with E-state index in [1.807, 2.05) is 0 Å². The van der Waals surface area contributed by atoms with E-state index >= 15 is 9.13 Å². The predicted molar refractivity (Wildman–Crippen MR) is 207 cm³/mol. The van der Waals surface area contributed by atoms with Crippen LogP contribution in [-0.2, 0) is 98.3 Å². The second-order valence-electron chi connectivity index (χ2n) is 19.8. The molecule has 9 rings (SSSR count). The maximum atomic E-state index is 15.5. The van der Waals surface area contributed by atoms with Crippen molar-refractivity contribution < 1.29 is 98.3 Å². The Morgan fingerprint density at radius 1 is 0.452 bits per heavy atom. The van der Waals surface area contributed by atoms with Gasteiger partial charge in [0, 0.05) is 0 Å². The van der Waals surface area contributed by atoms with Gasteiger partial charge in [-0.25, -0.2) is 0 Å². The van der Waals surface area contributed by atoms with E-state index in [1.54, 1.807) is 90.0 Å². The van der Waals surface area contributed by atoms with Crippen LogP contribution >= 0.6 is 15.2 Å². The Bertz CT molecular complexity index is 1700. The molecular weight excluding hydrogens is 866 g/mol. The number of rotatable bonds is 13. The summed E-state index contributed by atoms with van der Waals surface area (Å²) in [6, 6.07) is 0. The molecule has 9 aliphatic heterocycles. The number of ether oxygens (including phenoxy) is 15. The summed E-state index contributed by atoms with van der Waals surface area (Å²) in [7, 11) is -9.08. The average molecular weight is 931 g/mol. The van der Waals surface area contributed by atoms with Gasteiger partial charge in [-0.2, -0.15) is 0 Å². The van der Waals surface area contributed by atoms with E-state index in [4.69, 9.17) is 89.1 Å². The van der Waals surface area contributed by atoms with Gasteiger partial charge >= 0.3 is 15.2 Å². The molecule has 9 heterocycles. The molecule has 23 heteroatoms. The zero-order chi connectivity index (χ0) is 44.6. The van der Waals surface area contributed by atoms with Crippen LogP contribution in [0.2, 0.25) is 0 Å². The van der Waals surface area contributed by atoms with Crippen LogP contribution in [0.1, 0.15) is 90.0 Å². The van der Waals surface area contributed by atoms with Gasteiger partial charge in [0.2, 0.25) is 0 Å². The van der Waals surface area contributed by atoms with Crippen molar-refractivity contribution in [2.75, 3.05) is 32.3 Å². The van der Waals surface area contributed by atoms with Crippen molar-refractivity contribution >= 4 is 15.2 Å². The van der Waals surface area contributed by atoms with Crippen LogP contribution in [-0.4, -0.2) is 159 Å². The summed E-state index contributed by atoms with van der Waals surface area (Å²) in [5, 5.41) is 0. The Balaban J connectivity index is 0.984. The van der Waals surface area contributed by atoms with Gasteiger partial charge in [0.15, 0.2) is 59.5 Å². The Morgan fingerprint density at radius 2 is 0.871 bits per heavy atom. The molecule has 0 amide bonds. The lowest BCUT2D eigenvalue weighted by Gasteiger charge is -2.38.